The first-order chi connectivity index (χ1) is 12.4. The summed E-state index contributed by atoms with van der Waals surface area (Å²) < 4.78 is 0. The molecule has 3 rings (SSSR count). The second-order valence-corrected chi connectivity index (χ2v) is 5.93. The molecule has 0 aliphatic carbocycles. The van der Waals surface area contributed by atoms with E-state index in [-0.39, 0.29) is 23.2 Å². The van der Waals surface area contributed by atoms with Crippen LogP contribution < -0.4 is 5.32 Å². The minimum absolute atomic E-state index is 0.0907. The third-order valence-corrected chi connectivity index (χ3v) is 4.23. The van der Waals surface area contributed by atoms with E-state index in [1.165, 1.54) is 19.1 Å². The van der Waals surface area contributed by atoms with Crippen LogP contribution in [0.5, 0.6) is 0 Å². The number of hydrogen-bond acceptors (Lipinski definition) is 4. The molecule has 0 bridgehead atoms. The Morgan fingerprint density at radius 2 is 1.65 bits per heavy atom. The lowest BCUT2D eigenvalue weighted by Gasteiger charge is -2.21. The molecule has 0 spiro atoms. The van der Waals surface area contributed by atoms with Crippen molar-refractivity contribution < 1.29 is 24.3 Å². The van der Waals surface area contributed by atoms with Crippen molar-refractivity contribution >= 4 is 23.7 Å². The third kappa shape index (κ3) is 3.06. The van der Waals surface area contributed by atoms with Crippen molar-refractivity contribution in [2.24, 2.45) is 0 Å². The number of carboxylic acid groups (broad SMARTS) is 1. The second kappa shape index (κ2) is 6.79. The predicted octanol–water partition coefficient (Wildman–Crippen LogP) is 1.69. The number of hydrogen-bond donors (Lipinski definition) is 2. The Morgan fingerprint density at radius 1 is 1.04 bits per heavy atom. The van der Waals surface area contributed by atoms with E-state index in [2.05, 4.69) is 5.32 Å². The molecular weight excluding hydrogens is 336 g/mol. The molecule has 0 saturated carbocycles. The molecule has 0 fully saturated rings. The highest BCUT2D eigenvalue weighted by Crippen LogP contribution is 2.24. The lowest BCUT2D eigenvalue weighted by molar-refractivity contribution is -0.124. The van der Waals surface area contributed by atoms with Gasteiger partial charge in [0.15, 0.2) is 0 Å². The molecule has 7 heteroatoms. The van der Waals surface area contributed by atoms with Gasteiger partial charge in [0.05, 0.1) is 16.7 Å². The van der Waals surface area contributed by atoms with Crippen molar-refractivity contribution in [3.05, 3.63) is 70.8 Å². The zero-order valence-corrected chi connectivity index (χ0v) is 13.9. The van der Waals surface area contributed by atoms with E-state index in [9.17, 15) is 19.2 Å². The fraction of sp³-hybridized carbons (Fsp3) is 0.158. The van der Waals surface area contributed by atoms with Gasteiger partial charge >= 0.3 is 5.97 Å². The summed E-state index contributed by atoms with van der Waals surface area (Å²) in [5.41, 5.74) is 1.29. The Balaban J connectivity index is 1.69. The van der Waals surface area contributed by atoms with E-state index in [0.717, 1.165) is 4.90 Å². The van der Waals surface area contributed by atoms with E-state index in [0.29, 0.717) is 5.56 Å². The minimum Gasteiger partial charge on any atom is -0.478 e. The largest absolute Gasteiger partial charge is 0.478 e. The summed E-state index contributed by atoms with van der Waals surface area (Å²) in [5, 5.41) is 11.6. The number of carbonyl (C=O) groups is 4. The standard InChI is InChI=1S/C19H16N2O5/c1-11(21-17(23)14-7-2-3-8-15(14)18(21)24)16(22)20-10-12-5-4-6-13(9-12)19(25)26/h2-9,11H,10H2,1H3,(H,20,22)(H,25,26). The average molecular weight is 352 g/mol. The number of carboxylic acids is 1. The second-order valence-electron chi connectivity index (χ2n) is 5.93. The quantitative estimate of drug-likeness (QED) is 0.797. The molecule has 2 aromatic carbocycles. The van der Waals surface area contributed by atoms with E-state index in [4.69, 9.17) is 5.11 Å². The van der Waals surface area contributed by atoms with Gasteiger partial charge in [-0.25, -0.2) is 4.79 Å². The number of nitrogens with one attached hydrogen (secondary N) is 1. The number of benzene rings is 2. The van der Waals surface area contributed by atoms with E-state index >= 15 is 0 Å². The van der Waals surface area contributed by atoms with Crippen molar-refractivity contribution in [1.82, 2.24) is 10.2 Å². The van der Waals surface area contributed by atoms with E-state index in [1.54, 1.807) is 36.4 Å². The monoisotopic (exact) mass is 352 g/mol. The SMILES string of the molecule is CC(C(=O)NCc1cccc(C(=O)O)c1)N1C(=O)c2ccccc2C1=O. The molecule has 1 aliphatic heterocycles. The first-order valence-electron chi connectivity index (χ1n) is 7.97. The van der Waals surface area contributed by atoms with Crippen molar-refractivity contribution in [2.75, 3.05) is 0 Å². The molecule has 1 unspecified atom stereocenters. The molecule has 0 radical (unpaired) electrons. The fourth-order valence-corrected chi connectivity index (χ4v) is 2.83. The Kier molecular flexibility index (Phi) is 4.53. The van der Waals surface area contributed by atoms with E-state index in [1.807, 2.05) is 0 Å². The first-order valence-corrected chi connectivity index (χ1v) is 7.97. The highest BCUT2D eigenvalue weighted by molar-refractivity contribution is 6.22. The lowest BCUT2D eigenvalue weighted by atomic mass is 10.1. The van der Waals surface area contributed by atoms with Gasteiger partial charge in [0, 0.05) is 6.54 Å². The Hall–Kier alpha value is -3.48. The summed E-state index contributed by atoms with van der Waals surface area (Å²) in [7, 11) is 0. The van der Waals surface area contributed by atoms with Crippen molar-refractivity contribution in [3.63, 3.8) is 0 Å². The Bertz CT molecular complexity index is 887. The molecule has 132 valence electrons. The van der Waals surface area contributed by atoms with Gasteiger partial charge in [0.2, 0.25) is 5.91 Å². The van der Waals surface area contributed by atoms with Crippen LogP contribution in [0.3, 0.4) is 0 Å². The van der Waals surface area contributed by atoms with Gasteiger partial charge < -0.3 is 10.4 Å². The summed E-state index contributed by atoms with van der Waals surface area (Å²) in [6, 6.07) is 11.6. The van der Waals surface area contributed by atoms with Crippen LogP contribution in [0, 0.1) is 0 Å². The van der Waals surface area contributed by atoms with Crippen LogP contribution in [0.1, 0.15) is 43.6 Å². The van der Waals surface area contributed by atoms with Gasteiger partial charge in [-0.1, -0.05) is 24.3 Å². The van der Waals surface area contributed by atoms with Crippen LogP contribution in [0.4, 0.5) is 0 Å². The molecule has 26 heavy (non-hydrogen) atoms. The molecule has 0 saturated heterocycles. The molecule has 7 nitrogen and oxygen atoms in total. The van der Waals surface area contributed by atoms with Crippen LogP contribution in [-0.2, 0) is 11.3 Å². The summed E-state index contributed by atoms with van der Waals surface area (Å²) in [5.74, 6) is -2.56. The maximum Gasteiger partial charge on any atom is 0.335 e. The Morgan fingerprint density at radius 3 is 2.23 bits per heavy atom. The smallest absolute Gasteiger partial charge is 0.335 e. The first kappa shape index (κ1) is 17.3. The normalized spacial score (nSPS) is 14.1. The zero-order valence-electron chi connectivity index (χ0n) is 13.9. The van der Waals surface area contributed by atoms with Crippen molar-refractivity contribution in [1.29, 1.82) is 0 Å². The van der Waals surface area contributed by atoms with Gasteiger partial charge in [-0.15, -0.1) is 0 Å². The number of carbonyl (C=O) groups excluding carboxylic acids is 3. The fourth-order valence-electron chi connectivity index (χ4n) is 2.83. The number of amides is 3. The molecule has 0 aromatic heterocycles. The number of imide groups is 1. The number of nitrogens with zero attached hydrogens (tertiary/aromatic N) is 1. The summed E-state index contributed by atoms with van der Waals surface area (Å²) in [6.07, 6.45) is 0. The van der Waals surface area contributed by atoms with Crippen LogP contribution in [0.2, 0.25) is 0 Å². The van der Waals surface area contributed by atoms with Gasteiger partial charge in [0.1, 0.15) is 6.04 Å². The molecule has 1 aliphatic rings. The van der Waals surface area contributed by atoms with Crippen molar-refractivity contribution in [3.8, 4) is 0 Å². The van der Waals surface area contributed by atoms with Crippen molar-refractivity contribution in [2.45, 2.75) is 19.5 Å². The maximum atomic E-state index is 12.4. The van der Waals surface area contributed by atoms with E-state index < -0.39 is 29.7 Å². The predicted molar refractivity (Wildman–Crippen MR) is 91.7 cm³/mol. The summed E-state index contributed by atoms with van der Waals surface area (Å²) in [6.45, 7) is 1.57. The molecule has 1 heterocycles. The topological polar surface area (TPSA) is 104 Å². The van der Waals surface area contributed by atoms with Gasteiger partial charge in [0.25, 0.3) is 11.8 Å². The number of aromatic carboxylic acids is 1. The average Bonchev–Trinajstić information content (AvgIpc) is 2.90. The number of fused-ring (bicyclic) bond motifs is 1. The zero-order chi connectivity index (χ0) is 18.8. The van der Waals surface area contributed by atoms with Gasteiger partial charge in [-0.05, 0) is 36.8 Å². The minimum atomic E-state index is -1.06. The maximum absolute atomic E-state index is 12.4. The molecule has 2 aromatic rings. The molecule has 1 atom stereocenters. The van der Waals surface area contributed by atoms with Gasteiger partial charge in [-0.2, -0.15) is 0 Å². The highest BCUT2D eigenvalue weighted by Gasteiger charge is 2.40. The lowest BCUT2D eigenvalue weighted by Crippen LogP contribution is -2.47. The summed E-state index contributed by atoms with van der Waals surface area (Å²) >= 11 is 0. The van der Waals surface area contributed by atoms with Crippen LogP contribution in [-0.4, -0.2) is 39.7 Å². The van der Waals surface area contributed by atoms with Crippen LogP contribution in [0.15, 0.2) is 48.5 Å². The van der Waals surface area contributed by atoms with Gasteiger partial charge in [-0.3, -0.25) is 19.3 Å². The number of rotatable bonds is 5. The third-order valence-electron chi connectivity index (χ3n) is 4.23. The van der Waals surface area contributed by atoms with Crippen LogP contribution >= 0.6 is 0 Å². The highest BCUT2D eigenvalue weighted by atomic mass is 16.4. The van der Waals surface area contributed by atoms with Crippen LogP contribution in [0.25, 0.3) is 0 Å². The molecule has 2 N–H and O–H groups in total. The molecule has 3 amide bonds. The Labute approximate surface area is 149 Å². The molecular formula is C19H16N2O5. The summed E-state index contributed by atoms with van der Waals surface area (Å²) in [4.78, 5) is 49.1.